The third-order valence-electron chi connectivity index (χ3n) is 4.16. The SMILES string of the molecule is CC(C)C(=O)Nc1ccc(N2CCN(C(=O)c3ccco3)CC2)nc1. The van der Waals surface area contributed by atoms with Gasteiger partial charge in [-0.05, 0) is 24.3 Å². The number of amides is 2. The molecule has 0 radical (unpaired) electrons. The maximum Gasteiger partial charge on any atom is 0.289 e. The molecule has 0 aliphatic carbocycles. The second-order valence-electron chi connectivity index (χ2n) is 6.31. The lowest BCUT2D eigenvalue weighted by Gasteiger charge is -2.35. The van der Waals surface area contributed by atoms with Crippen molar-refractivity contribution >= 4 is 23.3 Å². The van der Waals surface area contributed by atoms with Gasteiger partial charge < -0.3 is 19.5 Å². The first kappa shape index (κ1) is 17.0. The predicted molar refractivity (Wildman–Crippen MR) is 94.5 cm³/mol. The largest absolute Gasteiger partial charge is 0.459 e. The molecule has 7 nitrogen and oxygen atoms in total. The van der Waals surface area contributed by atoms with Gasteiger partial charge in [0.25, 0.3) is 5.91 Å². The second kappa shape index (κ2) is 7.38. The third kappa shape index (κ3) is 3.99. The summed E-state index contributed by atoms with van der Waals surface area (Å²) < 4.78 is 5.17. The van der Waals surface area contributed by atoms with Crippen molar-refractivity contribution in [2.24, 2.45) is 5.92 Å². The van der Waals surface area contributed by atoms with E-state index in [2.05, 4.69) is 15.2 Å². The summed E-state index contributed by atoms with van der Waals surface area (Å²) in [7, 11) is 0. The molecule has 0 bridgehead atoms. The maximum absolute atomic E-state index is 12.3. The summed E-state index contributed by atoms with van der Waals surface area (Å²) in [6.07, 6.45) is 3.17. The van der Waals surface area contributed by atoms with Crippen LogP contribution >= 0.6 is 0 Å². The van der Waals surface area contributed by atoms with Crippen molar-refractivity contribution in [1.82, 2.24) is 9.88 Å². The van der Waals surface area contributed by atoms with Gasteiger partial charge in [0.15, 0.2) is 5.76 Å². The smallest absolute Gasteiger partial charge is 0.289 e. The molecule has 0 atom stereocenters. The average Bonchev–Trinajstić information content (AvgIpc) is 3.16. The molecule has 0 spiro atoms. The number of carbonyl (C=O) groups is 2. The fourth-order valence-electron chi connectivity index (χ4n) is 2.63. The zero-order valence-electron chi connectivity index (χ0n) is 14.4. The highest BCUT2D eigenvalue weighted by Gasteiger charge is 2.24. The molecule has 2 amide bonds. The molecule has 0 unspecified atom stereocenters. The van der Waals surface area contributed by atoms with Crippen LogP contribution in [0.25, 0.3) is 0 Å². The Kier molecular flexibility index (Phi) is 5.02. The summed E-state index contributed by atoms with van der Waals surface area (Å²) in [6, 6.07) is 7.14. The summed E-state index contributed by atoms with van der Waals surface area (Å²) in [5.41, 5.74) is 0.689. The van der Waals surface area contributed by atoms with Crippen molar-refractivity contribution in [2.75, 3.05) is 36.4 Å². The van der Waals surface area contributed by atoms with Crippen LogP contribution in [0.15, 0.2) is 41.1 Å². The van der Waals surface area contributed by atoms with Gasteiger partial charge in [-0.2, -0.15) is 0 Å². The molecule has 2 aromatic rings. The molecule has 132 valence electrons. The lowest BCUT2D eigenvalue weighted by molar-refractivity contribution is -0.118. The first-order chi connectivity index (χ1) is 12.0. The fourth-order valence-corrected chi connectivity index (χ4v) is 2.63. The summed E-state index contributed by atoms with van der Waals surface area (Å²) >= 11 is 0. The summed E-state index contributed by atoms with van der Waals surface area (Å²) in [5.74, 6) is 1.04. The summed E-state index contributed by atoms with van der Waals surface area (Å²) in [6.45, 7) is 6.34. The Morgan fingerprint density at radius 2 is 1.92 bits per heavy atom. The molecular weight excluding hydrogens is 320 g/mol. The standard InChI is InChI=1S/C18H22N4O3/c1-13(2)17(23)20-14-5-6-16(19-12-14)21-7-9-22(10-8-21)18(24)15-4-3-11-25-15/h3-6,11-13H,7-10H2,1-2H3,(H,20,23). The molecule has 3 heterocycles. The Morgan fingerprint density at radius 3 is 2.48 bits per heavy atom. The van der Waals surface area contributed by atoms with Gasteiger partial charge in [-0.1, -0.05) is 13.8 Å². The van der Waals surface area contributed by atoms with Crippen LogP contribution in [0, 0.1) is 5.92 Å². The molecule has 0 saturated carbocycles. The van der Waals surface area contributed by atoms with Gasteiger partial charge in [0.2, 0.25) is 5.91 Å². The predicted octanol–water partition coefficient (Wildman–Crippen LogP) is 2.23. The van der Waals surface area contributed by atoms with Crippen LogP contribution in [0.4, 0.5) is 11.5 Å². The molecule has 2 aromatic heterocycles. The van der Waals surface area contributed by atoms with E-state index >= 15 is 0 Å². The van der Waals surface area contributed by atoms with Gasteiger partial charge in [0.05, 0.1) is 18.1 Å². The number of nitrogens with zero attached hydrogens (tertiary/aromatic N) is 3. The van der Waals surface area contributed by atoms with Crippen molar-refractivity contribution < 1.29 is 14.0 Å². The minimum absolute atomic E-state index is 0.0281. The Balaban J connectivity index is 1.56. The van der Waals surface area contributed by atoms with Crippen molar-refractivity contribution in [1.29, 1.82) is 0 Å². The normalized spacial score (nSPS) is 14.7. The number of pyridine rings is 1. The molecule has 25 heavy (non-hydrogen) atoms. The minimum Gasteiger partial charge on any atom is -0.459 e. The van der Waals surface area contributed by atoms with Gasteiger partial charge >= 0.3 is 0 Å². The maximum atomic E-state index is 12.3. The number of furan rings is 1. The van der Waals surface area contributed by atoms with Gasteiger partial charge in [-0.3, -0.25) is 9.59 Å². The van der Waals surface area contributed by atoms with Crippen LogP contribution in [-0.4, -0.2) is 47.9 Å². The monoisotopic (exact) mass is 342 g/mol. The zero-order valence-corrected chi connectivity index (χ0v) is 14.4. The lowest BCUT2D eigenvalue weighted by atomic mass is 10.2. The van der Waals surface area contributed by atoms with E-state index in [1.54, 1.807) is 23.2 Å². The Hall–Kier alpha value is -2.83. The van der Waals surface area contributed by atoms with E-state index < -0.39 is 0 Å². The number of carbonyl (C=O) groups excluding carboxylic acids is 2. The molecule has 3 rings (SSSR count). The zero-order chi connectivity index (χ0) is 17.8. The van der Waals surface area contributed by atoms with Crippen LogP contribution in [0.2, 0.25) is 0 Å². The molecule has 1 N–H and O–H groups in total. The molecule has 1 aliphatic rings. The molecule has 7 heteroatoms. The lowest BCUT2D eigenvalue weighted by Crippen LogP contribution is -2.49. The molecule has 0 aromatic carbocycles. The quantitative estimate of drug-likeness (QED) is 0.922. The van der Waals surface area contributed by atoms with E-state index in [1.807, 2.05) is 26.0 Å². The number of hydrogen-bond acceptors (Lipinski definition) is 5. The second-order valence-corrected chi connectivity index (χ2v) is 6.31. The topological polar surface area (TPSA) is 78.7 Å². The van der Waals surface area contributed by atoms with Gasteiger partial charge in [-0.15, -0.1) is 0 Å². The van der Waals surface area contributed by atoms with Crippen molar-refractivity contribution in [3.05, 3.63) is 42.5 Å². The van der Waals surface area contributed by atoms with Crippen LogP contribution in [0.1, 0.15) is 24.4 Å². The summed E-state index contributed by atoms with van der Waals surface area (Å²) in [4.78, 5) is 32.3. The van der Waals surface area contributed by atoms with Crippen molar-refractivity contribution in [2.45, 2.75) is 13.8 Å². The van der Waals surface area contributed by atoms with E-state index in [0.29, 0.717) is 37.6 Å². The van der Waals surface area contributed by atoms with E-state index in [1.165, 1.54) is 6.26 Å². The number of piperazine rings is 1. The van der Waals surface area contributed by atoms with E-state index in [0.717, 1.165) is 5.82 Å². The van der Waals surface area contributed by atoms with E-state index in [4.69, 9.17) is 4.42 Å². The molecule has 1 aliphatic heterocycles. The molecular formula is C18H22N4O3. The van der Waals surface area contributed by atoms with Crippen molar-refractivity contribution in [3.8, 4) is 0 Å². The van der Waals surface area contributed by atoms with E-state index in [-0.39, 0.29) is 17.7 Å². The summed E-state index contributed by atoms with van der Waals surface area (Å²) in [5, 5.41) is 2.83. The highest BCUT2D eigenvalue weighted by Crippen LogP contribution is 2.17. The highest BCUT2D eigenvalue weighted by molar-refractivity contribution is 5.92. The highest BCUT2D eigenvalue weighted by atomic mass is 16.3. The number of nitrogens with one attached hydrogen (secondary N) is 1. The number of hydrogen-bond donors (Lipinski definition) is 1. The van der Waals surface area contributed by atoms with Crippen LogP contribution in [0.5, 0.6) is 0 Å². The van der Waals surface area contributed by atoms with Crippen LogP contribution in [-0.2, 0) is 4.79 Å². The number of rotatable bonds is 4. The third-order valence-corrected chi connectivity index (χ3v) is 4.16. The molecule has 1 fully saturated rings. The fraction of sp³-hybridized carbons (Fsp3) is 0.389. The average molecular weight is 342 g/mol. The Labute approximate surface area is 146 Å². The number of aromatic nitrogens is 1. The van der Waals surface area contributed by atoms with Gasteiger partial charge in [0.1, 0.15) is 5.82 Å². The van der Waals surface area contributed by atoms with E-state index in [9.17, 15) is 9.59 Å². The van der Waals surface area contributed by atoms with Crippen LogP contribution in [0.3, 0.4) is 0 Å². The number of anilines is 2. The van der Waals surface area contributed by atoms with Gasteiger partial charge in [-0.25, -0.2) is 4.98 Å². The van der Waals surface area contributed by atoms with Gasteiger partial charge in [0, 0.05) is 32.1 Å². The first-order valence-corrected chi connectivity index (χ1v) is 8.39. The molecule has 1 saturated heterocycles. The Morgan fingerprint density at radius 1 is 1.16 bits per heavy atom. The minimum atomic E-state index is -0.0793. The van der Waals surface area contributed by atoms with Crippen LogP contribution < -0.4 is 10.2 Å². The first-order valence-electron chi connectivity index (χ1n) is 8.39. The van der Waals surface area contributed by atoms with Crippen molar-refractivity contribution in [3.63, 3.8) is 0 Å². The Bertz CT molecular complexity index is 717.